The minimum atomic E-state index is -3.89. The summed E-state index contributed by atoms with van der Waals surface area (Å²) in [6.45, 7) is 1.63. The highest BCUT2D eigenvalue weighted by Crippen LogP contribution is 2.30. The number of carboxylic acids is 1. The lowest BCUT2D eigenvalue weighted by Crippen LogP contribution is -2.26. The molecular formula is C28H26F2N4O6S. The van der Waals surface area contributed by atoms with Crippen LogP contribution < -0.4 is 9.62 Å². The lowest BCUT2D eigenvalue weighted by molar-refractivity contribution is -0.138. The molecule has 0 radical (unpaired) electrons. The van der Waals surface area contributed by atoms with Crippen LogP contribution in [0.4, 0.5) is 20.2 Å². The van der Waals surface area contributed by atoms with Gasteiger partial charge >= 0.3 is 5.97 Å². The molecule has 0 fully saturated rings. The van der Waals surface area contributed by atoms with Crippen molar-refractivity contribution in [1.29, 1.82) is 0 Å². The Kier molecular flexibility index (Phi) is 8.47. The minimum Gasteiger partial charge on any atom is -0.481 e. The molecule has 3 N–H and O–H groups in total. The van der Waals surface area contributed by atoms with Gasteiger partial charge in [0.05, 0.1) is 23.4 Å². The van der Waals surface area contributed by atoms with E-state index in [9.17, 15) is 27.2 Å². The third kappa shape index (κ3) is 6.40. The fourth-order valence-corrected chi connectivity index (χ4v) is 5.35. The standard InChI is InChI=1S/C28H26F2N4O6S/c1-3-12-41(39,40)33-22-9-8-21(29)25(26(22)30)27(38)20-15-32-28-19(20)13-17(14-31-28)16-4-6-18(7-5-16)34(2)23(35)10-11-24(36)37/h4-9,13-15,33H,3,10-12H2,1-2H3,(H,31,32)(H,36,37). The molecule has 0 spiro atoms. The number of ketones is 1. The molecule has 0 aliphatic heterocycles. The number of carbonyl (C=O) groups is 3. The molecule has 41 heavy (non-hydrogen) atoms. The Balaban J connectivity index is 1.65. The number of hydrogen-bond acceptors (Lipinski definition) is 6. The van der Waals surface area contributed by atoms with Crippen molar-refractivity contribution in [1.82, 2.24) is 9.97 Å². The number of hydrogen-bond donors (Lipinski definition) is 3. The van der Waals surface area contributed by atoms with Crippen molar-refractivity contribution < 1.29 is 36.7 Å². The summed E-state index contributed by atoms with van der Waals surface area (Å²) in [7, 11) is -2.36. The topological polar surface area (TPSA) is 150 Å². The molecule has 2 aromatic heterocycles. The van der Waals surface area contributed by atoms with Gasteiger partial charge in [0, 0.05) is 48.1 Å². The number of benzene rings is 2. The average Bonchev–Trinajstić information content (AvgIpc) is 3.36. The predicted molar refractivity (Wildman–Crippen MR) is 149 cm³/mol. The van der Waals surface area contributed by atoms with Gasteiger partial charge in [-0.05, 0) is 42.3 Å². The van der Waals surface area contributed by atoms with Crippen LogP contribution in [0.15, 0.2) is 54.9 Å². The van der Waals surface area contributed by atoms with Gasteiger partial charge in [0.15, 0.2) is 5.82 Å². The molecule has 2 heterocycles. The van der Waals surface area contributed by atoms with Gasteiger partial charge in [0.1, 0.15) is 11.5 Å². The lowest BCUT2D eigenvalue weighted by Gasteiger charge is -2.17. The molecule has 0 bridgehead atoms. The second-order valence-corrected chi connectivity index (χ2v) is 11.1. The van der Waals surface area contributed by atoms with Crippen LogP contribution in [0.2, 0.25) is 0 Å². The maximum Gasteiger partial charge on any atom is 0.303 e. The third-order valence-electron chi connectivity index (χ3n) is 6.35. The molecule has 0 atom stereocenters. The van der Waals surface area contributed by atoms with E-state index in [0.717, 1.165) is 12.1 Å². The Morgan fingerprint density at radius 1 is 1.05 bits per heavy atom. The van der Waals surface area contributed by atoms with Crippen molar-refractivity contribution in [2.45, 2.75) is 26.2 Å². The predicted octanol–water partition coefficient (Wildman–Crippen LogP) is 4.72. The molecule has 214 valence electrons. The number of H-pyrrole nitrogens is 1. The lowest BCUT2D eigenvalue weighted by atomic mass is 9.99. The Bertz CT molecular complexity index is 1750. The van der Waals surface area contributed by atoms with Gasteiger partial charge in [-0.15, -0.1) is 0 Å². The van der Waals surface area contributed by atoms with Crippen molar-refractivity contribution >= 4 is 50.1 Å². The van der Waals surface area contributed by atoms with Crippen LogP contribution in [-0.2, 0) is 19.6 Å². The summed E-state index contributed by atoms with van der Waals surface area (Å²) in [5.74, 6) is -5.18. The number of aliphatic carboxylic acids is 1. The first kappa shape index (κ1) is 29.3. The largest absolute Gasteiger partial charge is 0.481 e. The van der Waals surface area contributed by atoms with Crippen molar-refractivity contribution in [2.75, 3.05) is 22.4 Å². The maximum atomic E-state index is 15.3. The van der Waals surface area contributed by atoms with E-state index in [0.29, 0.717) is 16.8 Å². The molecule has 4 aromatic rings. The maximum absolute atomic E-state index is 15.3. The van der Waals surface area contributed by atoms with Gasteiger partial charge in [-0.3, -0.25) is 19.1 Å². The molecule has 2 aromatic carbocycles. The molecule has 13 heteroatoms. The highest BCUT2D eigenvalue weighted by atomic mass is 32.2. The summed E-state index contributed by atoms with van der Waals surface area (Å²) in [6, 6.07) is 10.1. The van der Waals surface area contributed by atoms with Crippen molar-refractivity contribution in [3.05, 3.63) is 77.6 Å². The number of aromatic amines is 1. The van der Waals surface area contributed by atoms with Crippen molar-refractivity contribution in [2.24, 2.45) is 0 Å². The highest BCUT2D eigenvalue weighted by Gasteiger charge is 2.26. The molecule has 0 saturated heterocycles. The van der Waals surface area contributed by atoms with Crippen LogP contribution in [0.5, 0.6) is 0 Å². The normalized spacial score (nSPS) is 11.4. The first-order chi connectivity index (χ1) is 19.4. The van der Waals surface area contributed by atoms with E-state index in [1.165, 1.54) is 24.3 Å². The zero-order chi connectivity index (χ0) is 29.9. The zero-order valence-corrected chi connectivity index (χ0v) is 22.9. The summed E-state index contributed by atoms with van der Waals surface area (Å²) >= 11 is 0. The van der Waals surface area contributed by atoms with Crippen molar-refractivity contribution in [3.8, 4) is 11.1 Å². The molecule has 4 rings (SSSR count). The number of halogens is 2. The van der Waals surface area contributed by atoms with Crippen LogP contribution in [0, 0.1) is 11.6 Å². The van der Waals surface area contributed by atoms with E-state index in [-0.39, 0.29) is 47.5 Å². The van der Waals surface area contributed by atoms with Crippen LogP contribution in [0.25, 0.3) is 22.2 Å². The van der Waals surface area contributed by atoms with E-state index in [1.54, 1.807) is 37.3 Å². The number of amides is 1. The number of nitrogens with zero attached hydrogens (tertiary/aromatic N) is 2. The van der Waals surface area contributed by atoms with E-state index >= 15 is 4.39 Å². The number of pyridine rings is 1. The quantitative estimate of drug-likeness (QED) is 0.216. The van der Waals surface area contributed by atoms with Crippen LogP contribution >= 0.6 is 0 Å². The Morgan fingerprint density at radius 2 is 1.76 bits per heavy atom. The van der Waals surface area contributed by atoms with E-state index in [4.69, 9.17) is 5.11 Å². The summed E-state index contributed by atoms with van der Waals surface area (Å²) < 4.78 is 56.3. The molecule has 0 saturated carbocycles. The van der Waals surface area contributed by atoms with E-state index in [1.807, 2.05) is 0 Å². The monoisotopic (exact) mass is 584 g/mol. The van der Waals surface area contributed by atoms with Gasteiger partial charge in [-0.2, -0.15) is 0 Å². The summed E-state index contributed by atoms with van der Waals surface area (Å²) in [5, 5.41) is 9.08. The minimum absolute atomic E-state index is 0.0684. The zero-order valence-electron chi connectivity index (χ0n) is 22.1. The number of anilines is 2. The summed E-state index contributed by atoms with van der Waals surface area (Å²) in [6.07, 6.45) is 2.66. The number of carbonyl (C=O) groups excluding carboxylic acids is 2. The fraction of sp³-hybridized carbons (Fsp3) is 0.214. The number of sulfonamides is 1. The first-order valence-electron chi connectivity index (χ1n) is 12.5. The van der Waals surface area contributed by atoms with Crippen LogP contribution in [0.3, 0.4) is 0 Å². The number of nitrogens with one attached hydrogen (secondary N) is 2. The summed E-state index contributed by atoms with van der Waals surface area (Å²) in [5.41, 5.74) is 0.551. The molecule has 1 amide bonds. The molecule has 10 nitrogen and oxygen atoms in total. The van der Waals surface area contributed by atoms with Gasteiger partial charge in [0.2, 0.25) is 21.7 Å². The molecule has 0 unspecified atom stereocenters. The molecule has 0 aliphatic carbocycles. The second kappa shape index (κ2) is 11.8. The second-order valence-electron chi connectivity index (χ2n) is 9.25. The third-order valence-corrected chi connectivity index (χ3v) is 7.82. The van der Waals surface area contributed by atoms with E-state index < -0.39 is 44.7 Å². The van der Waals surface area contributed by atoms with Crippen LogP contribution in [0.1, 0.15) is 42.1 Å². The van der Waals surface area contributed by atoms with Gasteiger partial charge in [-0.1, -0.05) is 19.1 Å². The first-order valence-corrected chi connectivity index (χ1v) is 14.2. The SMILES string of the molecule is CCCS(=O)(=O)Nc1ccc(F)c(C(=O)c2c[nH]c3ncc(-c4ccc(N(C)C(=O)CCC(=O)O)cc4)cc23)c1F. The number of aromatic nitrogens is 2. The summed E-state index contributed by atoms with van der Waals surface area (Å²) in [4.78, 5) is 44.8. The number of fused-ring (bicyclic) bond motifs is 1. The number of rotatable bonds is 11. The fourth-order valence-electron chi connectivity index (χ4n) is 4.21. The van der Waals surface area contributed by atoms with E-state index in [2.05, 4.69) is 14.7 Å². The Morgan fingerprint density at radius 3 is 2.41 bits per heavy atom. The average molecular weight is 585 g/mol. The number of carboxylic acid groups (broad SMARTS) is 1. The molecule has 0 aliphatic rings. The van der Waals surface area contributed by atoms with Gasteiger partial charge < -0.3 is 15.0 Å². The van der Waals surface area contributed by atoms with Gasteiger partial charge in [-0.25, -0.2) is 22.2 Å². The molecular weight excluding hydrogens is 558 g/mol. The highest BCUT2D eigenvalue weighted by molar-refractivity contribution is 7.92. The smallest absolute Gasteiger partial charge is 0.303 e. The Hall–Kier alpha value is -4.65. The van der Waals surface area contributed by atoms with Crippen LogP contribution in [-0.4, -0.2) is 54.0 Å². The van der Waals surface area contributed by atoms with Gasteiger partial charge in [0.25, 0.3) is 0 Å². The van der Waals surface area contributed by atoms with Crippen molar-refractivity contribution in [3.63, 3.8) is 0 Å². The Labute approximate surface area is 234 Å².